The number of hydrogen-bond donors (Lipinski definition) is 1. The van der Waals surface area contributed by atoms with Crippen LogP contribution in [0.4, 0.5) is 5.69 Å². The van der Waals surface area contributed by atoms with Gasteiger partial charge in [-0.1, -0.05) is 53.7 Å². The molecule has 2 aromatic heterocycles. The number of pyridine rings is 1. The van der Waals surface area contributed by atoms with Crippen LogP contribution in [0.25, 0.3) is 22.5 Å². The monoisotopic (exact) mass is 370 g/mol. The number of carbonyl (C=O) groups excluding carboxylic acids is 1. The Morgan fingerprint density at radius 2 is 1.64 bits per heavy atom. The Balaban J connectivity index is 1.40. The summed E-state index contributed by atoms with van der Waals surface area (Å²) in [5.74, 6) is 0.817. The SMILES string of the molecule is O=C(CCc1nc(-c2ccncc2)no1)Nc1ccccc1-c1ccccc1. The summed E-state index contributed by atoms with van der Waals surface area (Å²) in [6, 6.07) is 21.3. The predicted molar refractivity (Wildman–Crippen MR) is 106 cm³/mol. The van der Waals surface area contributed by atoms with Gasteiger partial charge in [0.2, 0.25) is 17.6 Å². The molecule has 0 saturated carbocycles. The summed E-state index contributed by atoms with van der Waals surface area (Å²) in [6.45, 7) is 0. The van der Waals surface area contributed by atoms with Gasteiger partial charge in [0.25, 0.3) is 0 Å². The molecule has 6 heteroatoms. The Morgan fingerprint density at radius 1 is 0.893 bits per heavy atom. The van der Waals surface area contributed by atoms with E-state index < -0.39 is 0 Å². The Kier molecular flexibility index (Phi) is 5.20. The molecule has 0 unspecified atom stereocenters. The number of aromatic nitrogens is 3. The average Bonchev–Trinajstić information content (AvgIpc) is 3.23. The fourth-order valence-corrected chi connectivity index (χ4v) is 2.87. The lowest BCUT2D eigenvalue weighted by molar-refractivity contribution is -0.116. The number of rotatable bonds is 6. The van der Waals surface area contributed by atoms with Crippen LogP contribution in [-0.2, 0) is 11.2 Å². The molecule has 0 aliphatic heterocycles. The molecule has 4 aromatic rings. The zero-order valence-corrected chi connectivity index (χ0v) is 15.1. The van der Waals surface area contributed by atoms with Gasteiger partial charge in [-0.25, -0.2) is 0 Å². The molecule has 28 heavy (non-hydrogen) atoms. The van der Waals surface area contributed by atoms with Gasteiger partial charge in [-0.15, -0.1) is 0 Å². The second-order valence-electron chi connectivity index (χ2n) is 6.21. The fraction of sp³-hybridized carbons (Fsp3) is 0.0909. The Bertz CT molecular complexity index is 1060. The van der Waals surface area contributed by atoms with E-state index in [-0.39, 0.29) is 12.3 Å². The predicted octanol–water partition coefficient (Wildman–Crippen LogP) is 4.37. The molecule has 0 radical (unpaired) electrons. The number of carbonyl (C=O) groups is 1. The van der Waals surface area contributed by atoms with E-state index in [2.05, 4.69) is 20.4 Å². The largest absolute Gasteiger partial charge is 0.339 e. The van der Waals surface area contributed by atoms with Crippen molar-refractivity contribution in [2.24, 2.45) is 0 Å². The topological polar surface area (TPSA) is 80.9 Å². The number of nitrogens with one attached hydrogen (secondary N) is 1. The van der Waals surface area contributed by atoms with Crippen molar-refractivity contribution in [1.82, 2.24) is 15.1 Å². The minimum absolute atomic E-state index is 0.105. The summed E-state index contributed by atoms with van der Waals surface area (Å²) >= 11 is 0. The van der Waals surface area contributed by atoms with Gasteiger partial charge in [-0.3, -0.25) is 9.78 Å². The van der Waals surface area contributed by atoms with Crippen molar-refractivity contribution in [2.75, 3.05) is 5.32 Å². The maximum atomic E-state index is 12.4. The smallest absolute Gasteiger partial charge is 0.227 e. The molecule has 0 atom stereocenters. The van der Waals surface area contributed by atoms with Crippen LogP contribution in [0.3, 0.4) is 0 Å². The van der Waals surface area contributed by atoms with E-state index in [4.69, 9.17) is 4.52 Å². The van der Waals surface area contributed by atoms with Crippen LogP contribution >= 0.6 is 0 Å². The molecule has 0 aliphatic rings. The maximum Gasteiger partial charge on any atom is 0.227 e. The summed E-state index contributed by atoms with van der Waals surface area (Å²) in [5, 5.41) is 6.94. The van der Waals surface area contributed by atoms with Gasteiger partial charge in [0.05, 0.1) is 0 Å². The van der Waals surface area contributed by atoms with Gasteiger partial charge in [0, 0.05) is 42.0 Å². The standard InChI is InChI=1S/C22H18N4O2/c27-20(10-11-21-25-22(26-28-21)17-12-14-23-15-13-17)24-19-9-5-4-8-18(19)16-6-2-1-3-7-16/h1-9,12-15H,10-11H2,(H,24,27). The van der Waals surface area contributed by atoms with E-state index in [1.165, 1.54) is 0 Å². The number of aryl methyl sites for hydroxylation is 1. The highest BCUT2D eigenvalue weighted by molar-refractivity contribution is 5.95. The van der Waals surface area contributed by atoms with Gasteiger partial charge >= 0.3 is 0 Å². The van der Waals surface area contributed by atoms with Crippen molar-refractivity contribution < 1.29 is 9.32 Å². The first-order valence-electron chi connectivity index (χ1n) is 8.97. The van der Waals surface area contributed by atoms with E-state index in [0.29, 0.717) is 18.1 Å². The molecule has 2 aromatic carbocycles. The Morgan fingerprint density at radius 3 is 2.46 bits per heavy atom. The van der Waals surface area contributed by atoms with Crippen LogP contribution in [0.1, 0.15) is 12.3 Å². The van der Waals surface area contributed by atoms with Crippen molar-refractivity contribution in [3.63, 3.8) is 0 Å². The van der Waals surface area contributed by atoms with Gasteiger partial charge in [0.15, 0.2) is 0 Å². The van der Waals surface area contributed by atoms with Gasteiger partial charge in [0.1, 0.15) is 0 Å². The lowest BCUT2D eigenvalue weighted by atomic mass is 10.0. The van der Waals surface area contributed by atoms with Gasteiger partial charge in [-0.05, 0) is 23.8 Å². The number of amides is 1. The van der Waals surface area contributed by atoms with Crippen LogP contribution < -0.4 is 5.32 Å². The molecule has 1 amide bonds. The first-order chi connectivity index (χ1) is 13.8. The summed E-state index contributed by atoms with van der Waals surface area (Å²) in [6.07, 6.45) is 3.96. The van der Waals surface area contributed by atoms with E-state index in [0.717, 1.165) is 22.4 Å². The molecule has 1 N–H and O–H groups in total. The lowest BCUT2D eigenvalue weighted by Gasteiger charge is -2.11. The van der Waals surface area contributed by atoms with Crippen LogP contribution in [0.2, 0.25) is 0 Å². The summed E-state index contributed by atoms with van der Waals surface area (Å²) in [7, 11) is 0. The van der Waals surface area contributed by atoms with Crippen molar-refractivity contribution in [1.29, 1.82) is 0 Å². The highest BCUT2D eigenvalue weighted by Gasteiger charge is 2.12. The first kappa shape index (κ1) is 17.6. The molecule has 4 rings (SSSR count). The fourth-order valence-electron chi connectivity index (χ4n) is 2.87. The average molecular weight is 370 g/mol. The van der Waals surface area contributed by atoms with Crippen LogP contribution in [0, 0.1) is 0 Å². The Labute approximate surface area is 162 Å². The van der Waals surface area contributed by atoms with Crippen LogP contribution in [0.15, 0.2) is 83.6 Å². The molecule has 0 aliphatic carbocycles. The molecular weight excluding hydrogens is 352 g/mol. The molecule has 0 fully saturated rings. The third-order valence-corrected chi connectivity index (χ3v) is 4.26. The summed E-state index contributed by atoms with van der Waals surface area (Å²) in [4.78, 5) is 20.7. The molecule has 0 spiro atoms. The van der Waals surface area contributed by atoms with Gasteiger partial charge in [-0.2, -0.15) is 4.98 Å². The Hall–Kier alpha value is -3.80. The second kappa shape index (κ2) is 8.26. The normalized spacial score (nSPS) is 10.6. The third-order valence-electron chi connectivity index (χ3n) is 4.26. The highest BCUT2D eigenvalue weighted by atomic mass is 16.5. The molecular formula is C22H18N4O2. The quantitative estimate of drug-likeness (QED) is 0.545. The minimum Gasteiger partial charge on any atom is -0.339 e. The molecule has 6 nitrogen and oxygen atoms in total. The summed E-state index contributed by atoms with van der Waals surface area (Å²) < 4.78 is 5.25. The molecule has 0 bridgehead atoms. The molecule has 138 valence electrons. The number of nitrogens with zero attached hydrogens (tertiary/aromatic N) is 3. The zero-order valence-electron chi connectivity index (χ0n) is 15.1. The van der Waals surface area contributed by atoms with E-state index in [9.17, 15) is 4.79 Å². The number of hydrogen-bond acceptors (Lipinski definition) is 5. The third kappa shape index (κ3) is 4.12. The number of benzene rings is 2. The van der Waals surface area contributed by atoms with E-state index in [1.807, 2.05) is 66.7 Å². The first-order valence-corrected chi connectivity index (χ1v) is 8.97. The molecule has 0 saturated heterocycles. The molecule has 2 heterocycles. The van der Waals surface area contributed by atoms with E-state index >= 15 is 0 Å². The van der Waals surface area contributed by atoms with Crippen molar-refractivity contribution in [3.05, 3.63) is 85.0 Å². The zero-order chi connectivity index (χ0) is 19.2. The van der Waals surface area contributed by atoms with Crippen molar-refractivity contribution >= 4 is 11.6 Å². The van der Waals surface area contributed by atoms with Crippen molar-refractivity contribution in [2.45, 2.75) is 12.8 Å². The van der Waals surface area contributed by atoms with E-state index in [1.54, 1.807) is 12.4 Å². The second-order valence-corrected chi connectivity index (χ2v) is 6.21. The van der Waals surface area contributed by atoms with Crippen LogP contribution in [-0.4, -0.2) is 21.0 Å². The van der Waals surface area contributed by atoms with Crippen molar-refractivity contribution in [3.8, 4) is 22.5 Å². The van der Waals surface area contributed by atoms with Crippen LogP contribution in [0.5, 0.6) is 0 Å². The number of anilines is 1. The number of para-hydroxylation sites is 1. The van der Waals surface area contributed by atoms with Gasteiger partial charge < -0.3 is 9.84 Å². The maximum absolute atomic E-state index is 12.4. The summed E-state index contributed by atoms with van der Waals surface area (Å²) in [5.41, 5.74) is 3.64. The minimum atomic E-state index is -0.105. The lowest BCUT2D eigenvalue weighted by Crippen LogP contribution is -2.13. The highest BCUT2D eigenvalue weighted by Crippen LogP contribution is 2.27.